The number of esters is 1. The van der Waals surface area contributed by atoms with Gasteiger partial charge in [0.05, 0.1) is 24.4 Å². The number of methoxy groups -OCH3 is 1. The molecule has 0 aromatic carbocycles. The second kappa shape index (κ2) is 5.07. The van der Waals surface area contributed by atoms with Gasteiger partial charge in [-0.1, -0.05) is 0 Å². The zero-order chi connectivity index (χ0) is 12.3. The van der Waals surface area contributed by atoms with Crippen LogP contribution in [0.3, 0.4) is 0 Å². The monoisotopic (exact) mass is 250 g/mol. The van der Waals surface area contributed by atoms with Crippen LogP contribution in [-0.2, 0) is 10.6 Å². The van der Waals surface area contributed by atoms with E-state index in [4.69, 9.17) is 17.3 Å². The second-order valence-electron chi connectivity index (χ2n) is 2.89. The zero-order valence-corrected chi connectivity index (χ0v) is 9.09. The van der Waals surface area contributed by atoms with Gasteiger partial charge in [-0.25, -0.2) is 18.6 Å². The number of anilines is 1. The number of rotatable bonds is 3. The smallest absolute Gasteiger partial charge is 0.342 e. The molecule has 0 aliphatic heterocycles. The van der Waals surface area contributed by atoms with Crippen LogP contribution in [0.2, 0.25) is 0 Å². The highest BCUT2D eigenvalue weighted by Crippen LogP contribution is 2.27. The summed E-state index contributed by atoms with van der Waals surface area (Å²) >= 11 is 5.46. The minimum atomic E-state index is -2.92. The molecule has 1 aromatic heterocycles. The van der Waals surface area contributed by atoms with E-state index in [0.29, 0.717) is 0 Å². The molecule has 0 aliphatic rings. The molecule has 0 bridgehead atoms. The van der Waals surface area contributed by atoms with Crippen LogP contribution in [0.1, 0.15) is 28.2 Å². The minimum absolute atomic E-state index is 0.0641. The summed E-state index contributed by atoms with van der Waals surface area (Å²) in [6, 6.07) is 1.27. The number of carbonyl (C=O) groups excluding carboxylic acids is 1. The summed E-state index contributed by atoms with van der Waals surface area (Å²) in [5, 5.41) is 0. The van der Waals surface area contributed by atoms with Crippen LogP contribution in [0.4, 0.5) is 14.5 Å². The summed E-state index contributed by atoms with van der Waals surface area (Å²) < 4.78 is 29.7. The Kier molecular flexibility index (Phi) is 4.00. The summed E-state index contributed by atoms with van der Waals surface area (Å²) in [4.78, 5) is 14.8. The Hall–Kier alpha value is -1.43. The van der Waals surface area contributed by atoms with Crippen molar-refractivity contribution in [3.63, 3.8) is 0 Å². The fourth-order valence-corrected chi connectivity index (χ4v) is 1.33. The van der Waals surface area contributed by atoms with Crippen LogP contribution in [0, 0.1) is 0 Å². The largest absolute Gasteiger partial charge is 0.465 e. The second-order valence-corrected chi connectivity index (χ2v) is 3.16. The van der Waals surface area contributed by atoms with Gasteiger partial charge in [0.1, 0.15) is 11.3 Å². The Morgan fingerprint density at radius 2 is 2.31 bits per heavy atom. The molecule has 1 aromatic rings. The Morgan fingerprint density at radius 3 is 2.75 bits per heavy atom. The molecule has 0 aliphatic carbocycles. The van der Waals surface area contributed by atoms with E-state index in [-0.39, 0.29) is 17.3 Å². The number of ether oxygens (including phenoxy) is 1. The molecule has 16 heavy (non-hydrogen) atoms. The maximum Gasteiger partial charge on any atom is 0.342 e. The maximum atomic E-state index is 12.7. The first kappa shape index (κ1) is 12.6. The van der Waals surface area contributed by atoms with E-state index in [1.165, 1.54) is 6.07 Å². The average molecular weight is 251 g/mol. The Bertz CT molecular complexity index is 413. The van der Waals surface area contributed by atoms with E-state index in [2.05, 4.69) is 9.72 Å². The normalized spacial score (nSPS) is 10.6. The quantitative estimate of drug-likeness (QED) is 0.659. The molecule has 0 spiro atoms. The third-order valence-electron chi connectivity index (χ3n) is 1.86. The Labute approximate surface area is 95.4 Å². The lowest BCUT2D eigenvalue weighted by Gasteiger charge is -2.10. The van der Waals surface area contributed by atoms with Gasteiger partial charge in [-0.05, 0) is 6.07 Å². The van der Waals surface area contributed by atoms with Crippen molar-refractivity contribution >= 4 is 23.3 Å². The lowest BCUT2D eigenvalue weighted by molar-refractivity contribution is 0.0588. The minimum Gasteiger partial charge on any atom is -0.465 e. The van der Waals surface area contributed by atoms with Gasteiger partial charge in [-0.2, -0.15) is 0 Å². The van der Waals surface area contributed by atoms with Crippen LogP contribution in [0.25, 0.3) is 0 Å². The predicted molar refractivity (Wildman–Crippen MR) is 54.5 cm³/mol. The molecule has 0 saturated carbocycles. The number of nitrogen functional groups attached to an aromatic ring is 1. The van der Waals surface area contributed by atoms with Gasteiger partial charge in [-0.15, -0.1) is 11.6 Å². The van der Waals surface area contributed by atoms with Gasteiger partial charge >= 0.3 is 5.97 Å². The van der Waals surface area contributed by atoms with Crippen molar-refractivity contribution in [1.29, 1.82) is 0 Å². The summed E-state index contributed by atoms with van der Waals surface area (Å²) in [6.07, 6.45) is -2.92. The number of pyridine rings is 1. The highest BCUT2D eigenvalue weighted by atomic mass is 35.5. The van der Waals surface area contributed by atoms with E-state index in [9.17, 15) is 13.6 Å². The van der Waals surface area contributed by atoms with Gasteiger partial charge in [0.25, 0.3) is 6.43 Å². The fourth-order valence-electron chi connectivity index (χ4n) is 1.19. The average Bonchev–Trinajstić information content (AvgIpc) is 2.26. The van der Waals surface area contributed by atoms with Gasteiger partial charge in [-0.3, -0.25) is 0 Å². The molecule has 0 unspecified atom stereocenters. The standard InChI is InChI=1S/C9H9ClF2N2O2/c1-16-9(15)6-5(13)2-4(3-10)14-7(6)8(11)12/h2,8H,3H2,1H3,(H2,13,14). The molecule has 1 heterocycles. The van der Waals surface area contributed by atoms with Gasteiger partial charge < -0.3 is 10.5 Å². The molecule has 0 radical (unpaired) electrons. The lowest BCUT2D eigenvalue weighted by atomic mass is 10.1. The highest BCUT2D eigenvalue weighted by Gasteiger charge is 2.24. The van der Waals surface area contributed by atoms with Crippen molar-refractivity contribution in [2.45, 2.75) is 12.3 Å². The number of halogens is 3. The van der Waals surface area contributed by atoms with E-state index >= 15 is 0 Å². The lowest BCUT2D eigenvalue weighted by Crippen LogP contribution is -2.13. The fraction of sp³-hybridized carbons (Fsp3) is 0.333. The van der Waals surface area contributed by atoms with E-state index in [1.807, 2.05) is 0 Å². The van der Waals surface area contributed by atoms with E-state index in [1.54, 1.807) is 0 Å². The van der Waals surface area contributed by atoms with Crippen molar-refractivity contribution in [2.75, 3.05) is 12.8 Å². The molecular weight excluding hydrogens is 242 g/mol. The van der Waals surface area contributed by atoms with Crippen molar-refractivity contribution in [3.8, 4) is 0 Å². The SMILES string of the molecule is COC(=O)c1c(N)cc(CCl)nc1C(F)F. The molecule has 1 rings (SSSR count). The number of aromatic nitrogens is 1. The predicted octanol–water partition coefficient (Wildman–Crippen LogP) is 2.13. The number of alkyl halides is 3. The molecule has 0 fully saturated rings. The molecule has 0 amide bonds. The van der Waals surface area contributed by atoms with Crippen molar-refractivity contribution in [3.05, 3.63) is 23.0 Å². The molecule has 7 heteroatoms. The first-order chi connectivity index (χ1) is 7.51. The van der Waals surface area contributed by atoms with Crippen molar-refractivity contribution < 1.29 is 18.3 Å². The third-order valence-corrected chi connectivity index (χ3v) is 2.14. The summed E-state index contributed by atoms with van der Waals surface area (Å²) in [5.74, 6) is -1.01. The van der Waals surface area contributed by atoms with Crippen molar-refractivity contribution in [2.24, 2.45) is 0 Å². The molecule has 2 N–H and O–H groups in total. The maximum absolute atomic E-state index is 12.7. The van der Waals surface area contributed by atoms with Crippen molar-refractivity contribution in [1.82, 2.24) is 4.98 Å². The number of hydrogen-bond acceptors (Lipinski definition) is 4. The van der Waals surface area contributed by atoms with Crippen LogP contribution in [0.15, 0.2) is 6.07 Å². The third kappa shape index (κ3) is 2.38. The van der Waals surface area contributed by atoms with Gasteiger partial charge in [0.15, 0.2) is 0 Å². The zero-order valence-electron chi connectivity index (χ0n) is 8.34. The topological polar surface area (TPSA) is 65.2 Å². The molecule has 0 atom stereocenters. The van der Waals surface area contributed by atoms with Gasteiger partial charge in [0, 0.05) is 0 Å². The first-order valence-corrected chi connectivity index (χ1v) is 4.76. The summed E-state index contributed by atoms with van der Waals surface area (Å²) in [6.45, 7) is 0. The number of nitrogens with zero attached hydrogens (tertiary/aromatic N) is 1. The van der Waals surface area contributed by atoms with E-state index < -0.39 is 23.7 Å². The molecule has 4 nitrogen and oxygen atoms in total. The summed E-state index contributed by atoms with van der Waals surface area (Å²) in [7, 11) is 1.08. The highest BCUT2D eigenvalue weighted by molar-refractivity contribution is 6.17. The summed E-state index contributed by atoms with van der Waals surface area (Å²) in [5.41, 5.74) is 4.43. The van der Waals surface area contributed by atoms with E-state index in [0.717, 1.165) is 7.11 Å². The van der Waals surface area contributed by atoms with Crippen LogP contribution in [0.5, 0.6) is 0 Å². The Balaban J connectivity index is 3.39. The van der Waals surface area contributed by atoms with Crippen LogP contribution >= 0.6 is 11.6 Å². The van der Waals surface area contributed by atoms with Crippen LogP contribution < -0.4 is 5.73 Å². The van der Waals surface area contributed by atoms with Crippen LogP contribution in [-0.4, -0.2) is 18.1 Å². The molecular formula is C9H9ClF2N2O2. The number of carbonyl (C=O) groups is 1. The Morgan fingerprint density at radius 1 is 1.69 bits per heavy atom. The number of nitrogens with two attached hydrogens (primary N) is 1. The van der Waals surface area contributed by atoms with Gasteiger partial charge in [0.2, 0.25) is 0 Å². The number of hydrogen-bond donors (Lipinski definition) is 1. The molecule has 88 valence electrons. The first-order valence-electron chi connectivity index (χ1n) is 4.23. The molecule has 0 saturated heterocycles.